The van der Waals surface area contributed by atoms with Crippen molar-refractivity contribution in [2.45, 2.75) is 6.61 Å². The number of hydrogen-bond acceptors (Lipinski definition) is 2. The third-order valence-corrected chi connectivity index (χ3v) is 3.28. The normalized spacial score (nSPS) is 9.83. The summed E-state index contributed by atoms with van der Waals surface area (Å²) in [6.07, 6.45) is 0. The Labute approximate surface area is 113 Å². The molecule has 0 amide bonds. The molecule has 2 rings (SSSR count). The second-order valence-corrected chi connectivity index (χ2v) is 4.43. The minimum absolute atomic E-state index is 0.243. The van der Waals surface area contributed by atoms with E-state index in [9.17, 15) is 4.39 Å². The Hall–Kier alpha value is -1.86. The minimum Gasteiger partial charge on any atom is -0.489 e. The number of ether oxygens (including phenoxy) is 1. The number of halogens is 2. The second kappa shape index (κ2) is 5.65. The SMILES string of the molecule is N#Cc1cccc(OCc2cccc(F)c2Br)c1. The van der Waals surface area contributed by atoms with Gasteiger partial charge < -0.3 is 4.74 Å². The second-order valence-electron chi connectivity index (χ2n) is 3.64. The van der Waals surface area contributed by atoms with Crippen molar-refractivity contribution in [3.8, 4) is 11.8 Å². The zero-order chi connectivity index (χ0) is 13.0. The molecule has 0 heterocycles. The van der Waals surface area contributed by atoms with E-state index in [0.29, 0.717) is 15.8 Å². The van der Waals surface area contributed by atoms with Crippen molar-refractivity contribution < 1.29 is 9.13 Å². The van der Waals surface area contributed by atoms with Gasteiger partial charge in [-0.1, -0.05) is 18.2 Å². The largest absolute Gasteiger partial charge is 0.489 e. The lowest BCUT2D eigenvalue weighted by Gasteiger charge is -2.08. The van der Waals surface area contributed by atoms with Crippen molar-refractivity contribution >= 4 is 15.9 Å². The van der Waals surface area contributed by atoms with Crippen LogP contribution in [0.15, 0.2) is 46.9 Å². The van der Waals surface area contributed by atoms with Crippen LogP contribution in [0.3, 0.4) is 0 Å². The Morgan fingerprint density at radius 3 is 2.78 bits per heavy atom. The fourth-order valence-corrected chi connectivity index (χ4v) is 1.86. The highest BCUT2D eigenvalue weighted by Gasteiger charge is 2.05. The Morgan fingerprint density at radius 1 is 1.22 bits per heavy atom. The summed E-state index contributed by atoms with van der Waals surface area (Å²) in [6, 6.07) is 13.7. The fourth-order valence-electron chi connectivity index (χ4n) is 1.48. The average molecular weight is 306 g/mol. The molecule has 0 spiro atoms. The van der Waals surface area contributed by atoms with Gasteiger partial charge in [-0.05, 0) is 40.2 Å². The predicted molar refractivity (Wildman–Crippen MR) is 69.6 cm³/mol. The van der Waals surface area contributed by atoms with Gasteiger partial charge >= 0.3 is 0 Å². The van der Waals surface area contributed by atoms with Gasteiger partial charge in [0.2, 0.25) is 0 Å². The molecular weight excluding hydrogens is 297 g/mol. The molecule has 0 aromatic heterocycles. The lowest BCUT2D eigenvalue weighted by atomic mass is 10.2. The third kappa shape index (κ3) is 2.88. The highest BCUT2D eigenvalue weighted by molar-refractivity contribution is 9.10. The first-order valence-corrected chi connectivity index (χ1v) is 6.06. The number of nitriles is 1. The van der Waals surface area contributed by atoms with Crippen LogP contribution >= 0.6 is 15.9 Å². The van der Waals surface area contributed by atoms with E-state index in [1.165, 1.54) is 6.07 Å². The fraction of sp³-hybridized carbons (Fsp3) is 0.0714. The van der Waals surface area contributed by atoms with Gasteiger partial charge in [0.05, 0.1) is 16.1 Å². The van der Waals surface area contributed by atoms with E-state index >= 15 is 0 Å². The van der Waals surface area contributed by atoms with Crippen molar-refractivity contribution in [1.82, 2.24) is 0 Å². The van der Waals surface area contributed by atoms with Crippen LogP contribution in [0.25, 0.3) is 0 Å². The van der Waals surface area contributed by atoms with Crippen molar-refractivity contribution in [3.63, 3.8) is 0 Å². The Kier molecular flexibility index (Phi) is 3.96. The minimum atomic E-state index is -0.318. The van der Waals surface area contributed by atoms with Crippen LogP contribution in [0.2, 0.25) is 0 Å². The number of hydrogen-bond donors (Lipinski definition) is 0. The van der Waals surface area contributed by atoms with Gasteiger partial charge in [-0.15, -0.1) is 0 Å². The molecule has 0 saturated heterocycles. The first kappa shape index (κ1) is 12.6. The van der Waals surface area contributed by atoms with Crippen molar-refractivity contribution in [2.24, 2.45) is 0 Å². The molecule has 0 aliphatic carbocycles. The monoisotopic (exact) mass is 305 g/mol. The molecule has 4 heteroatoms. The van der Waals surface area contributed by atoms with Gasteiger partial charge in [-0.2, -0.15) is 5.26 Å². The highest BCUT2D eigenvalue weighted by Crippen LogP contribution is 2.22. The maximum atomic E-state index is 13.3. The molecule has 0 bridgehead atoms. The van der Waals surface area contributed by atoms with Crippen molar-refractivity contribution in [2.75, 3.05) is 0 Å². The quantitative estimate of drug-likeness (QED) is 0.857. The molecule has 0 N–H and O–H groups in total. The van der Waals surface area contributed by atoms with Gasteiger partial charge in [-0.3, -0.25) is 0 Å². The lowest BCUT2D eigenvalue weighted by Crippen LogP contribution is -1.97. The summed E-state index contributed by atoms with van der Waals surface area (Å²) in [7, 11) is 0. The smallest absolute Gasteiger partial charge is 0.137 e. The van der Waals surface area contributed by atoms with Gasteiger partial charge in [-0.25, -0.2) is 4.39 Å². The van der Waals surface area contributed by atoms with Gasteiger partial charge in [0.25, 0.3) is 0 Å². The first-order chi connectivity index (χ1) is 8.70. The average Bonchev–Trinajstić information content (AvgIpc) is 2.41. The van der Waals surface area contributed by atoms with Gasteiger partial charge in [0, 0.05) is 5.56 Å². The number of benzene rings is 2. The van der Waals surface area contributed by atoms with E-state index in [0.717, 1.165) is 5.56 Å². The van der Waals surface area contributed by atoms with E-state index in [1.807, 2.05) is 6.07 Å². The summed E-state index contributed by atoms with van der Waals surface area (Å²) in [5.41, 5.74) is 1.25. The summed E-state index contributed by atoms with van der Waals surface area (Å²) in [6.45, 7) is 0.243. The van der Waals surface area contributed by atoms with Crippen molar-refractivity contribution in [3.05, 3.63) is 63.9 Å². The van der Waals surface area contributed by atoms with Gasteiger partial charge in [0.1, 0.15) is 18.2 Å². The topological polar surface area (TPSA) is 33.0 Å². The zero-order valence-electron chi connectivity index (χ0n) is 9.36. The molecular formula is C14H9BrFNO. The molecule has 0 aliphatic heterocycles. The van der Waals surface area contributed by atoms with Crippen LogP contribution in [0, 0.1) is 17.1 Å². The molecule has 2 aromatic carbocycles. The van der Waals surface area contributed by atoms with E-state index in [4.69, 9.17) is 10.00 Å². The molecule has 0 atom stereocenters. The van der Waals surface area contributed by atoms with Crippen LogP contribution < -0.4 is 4.74 Å². The van der Waals surface area contributed by atoms with E-state index < -0.39 is 0 Å². The molecule has 0 radical (unpaired) electrons. The molecule has 2 nitrogen and oxygen atoms in total. The Bertz CT molecular complexity index is 607. The summed E-state index contributed by atoms with van der Waals surface area (Å²) >= 11 is 3.17. The number of rotatable bonds is 3. The molecule has 0 saturated carbocycles. The van der Waals surface area contributed by atoms with Crippen molar-refractivity contribution in [1.29, 1.82) is 5.26 Å². The maximum Gasteiger partial charge on any atom is 0.137 e. The number of nitrogens with zero attached hydrogens (tertiary/aromatic N) is 1. The van der Waals surface area contributed by atoms with Gasteiger partial charge in [0.15, 0.2) is 0 Å². The molecule has 90 valence electrons. The summed E-state index contributed by atoms with van der Waals surface area (Å²) < 4.78 is 19.2. The molecule has 18 heavy (non-hydrogen) atoms. The molecule has 0 aliphatic rings. The van der Waals surface area contributed by atoms with Crippen LogP contribution in [-0.2, 0) is 6.61 Å². The summed E-state index contributed by atoms with van der Waals surface area (Å²) in [4.78, 5) is 0. The Morgan fingerprint density at radius 2 is 2.00 bits per heavy atom. The predicted octanol–water partition coefficient (Wildman–Crippen LogP) is 4.04. The third-order valence-electron chi connectivity index (χ3n) is 2.39. The van der Waals surface area contributed by atoms with E-state index in [1.54, 1.807) is 36.4 Å². The maximum absolute atomic E-state index is 13.3. The zero-order valence-corrected chi connectivity index (χ0v) is 10.9. The highest BCUT2D eigenvalue weighted by atomic mass is 79.9. The van der Waals surface area contributed by atoms with Crippen LogP contribution in [0.1, 0.15) is 11.1 Å². The van der Waals surface area contributed by atoms with Crippen LogP contribution in [0.5, 0.6) is 5.75 Å². The molecule has 2 aromatic rings. The molecule has 0 fully saturated rings. The van der Waals surface area contributed by atoms with Crippen LogP contribution in [-0.4, -0.2) is 0 Å². The first-order valence-electron chi connectivity index (χ1n) is 5.26. The lowest BCUT2D eigenvalue weighted by molar-refractivity contribution is 0.304. The van der Waals surface area contributed by atoms with E-state index in [2.05, 4.69) is 15.9 Å². The Balaban J connectivity index is 2.12. The summed E-state index contributed by atoms with van der Waals surface area (Å²) in [5, 5.41) is 8.77. The van der Waals surface area contributed by atoms with E-state index in [-0.39, 0.29) is 12.4 Å². The standard InChI is InChI=1S/C14H9BrFNO/c15-14-11(4-2-6-13(14)16)9-18-12-5-1-3-10(7-12)8-17/h1-7H,9H2. The summed E-state index contributed by atoms with van der Waals surface area (Å²) in [5.74, 6) is 0.270. The molecule has 0 unspecified atom stereocenters. The van der Waals surface area contributed by atoms with Crippen LogP contribution in [0.4, 0.5) is 4.39 Å².